The number of fused-ring (bicyclic) bond motifs is 1. The summed E-state index contributed by atoms with van der Waals surface area (Å²) < 4.78 is 47.7. The summed E-state index contributed by atoms with van der Waals surface area (Å²) in [6.07, 6.45) is -4.55. The highest BCUT2D eigenvalue weighted by Crippen LogP contribution is 2.39. The first-order valence-electron chi connectivity index (χ1n) is 12.3. The molecule has 1 aliphatic rings. The maximum absolute atomic E-state index is 13.6. The number of methoxy groups -OCH3 is 1. The second-order valence-corrected chi connectivity index (χ2v) is 10.7. The maximum atomic E-state index is 13.6. The number of rotatable bonds is 5. The normalized spacial score (nSPS) is 15.0. The third-order valence-electron chi connectivity index (χ3n) is 6.69. The van der Waals surface area contributed by atoms with E-state index in [1.807, 2.05) is 31.3 Å². The van der Waals surface area contributed by atoms with Crippen LogP contribution < -0.4 is 4.74 Å². The van der Waals surface area contributed by atoms with Gasteiger partial charge in [0.2, 0.25) is 5.13 Å². The molecule has 11 heteroatoms. The van der Waals surface area contributed by atoms with E-state index in [2.05, 4.69) is 23.8 Å². The van der Waals surface area contributed by atoms with Gasteiger partial charge in [0.15, 0.2) is 5.69 Å². The molecule has 1 amide bonds. The molecule has 5 rings (SSSR count). The molecule has 0 saturated carbocycles. The number of carbonyl (C=O) groups is 1. The predicted octanol–water partition coefficient (Wildman–Crippen LogP) is 5.69. The summed E-state index contributed by atoms with van der Waals surface area (Å²) in [5, 5.41) is 5.23. The second kappa shape index (κ2) is 10.0. The molecule has 38 heavy (non-hydrogen) atoms. The van der Waals surface area contributed by atoms with Crippen molar-refractivity contribution in [1.82, 2.24) is 24.6 Å². The Morgan fingerprint density at radius 1 is 1.08 bits per heavy atom. The summed E-state index contributed by atoms with van der Waals surface area (Å²) in [7, 11) is 3.56. The minimum absolute atomic E-state index is 0.000111. The van der Waals surface area contributed by atoms with E-state index in [0.29, 0.717) is 42.6 Å². The molecule has 1 aliphatic heterocycles. The Morgan fingerprint density at radius 3 is 2.47 bits per heavy atom. The fourth-order valence-corrected chi connectivity index (χ4v) is 5.59. The van der Waals surface area contributed by atoms with Crippen LogP contribution in [0.5, 0.6) is 5.75 Å². The van der Waals surface area contributed by atoms with E-state index in [0.717, 1.165) is 28.3 Å². The number of ether oxygens (including phenoxy) is 1. The number of carbonyl (C=O) groups excluding carboxylic acids is 1. The number of amides is 1. The molecule has 2 aromatic carbocycles. The third kappa shape index (κ3) is 4.88. The summed E-state index contributed by atoms with van der Waals surface area (Å²) in [4.78, 5) is 23.1. The number of benzene rings is 2. The quantitative estimate of drug-likeness (QED) is 0.324. The van der Waals surface area contributed by atoms with Gasteiger partial charge in [-0.15, -0.1) is 0 Å². The van der Waals surface area contributed by atoms with Crippen LogP contribution in [0.2, 0.25) is 0 Å². The summed E-state index contributed by atoms with van der Waals surface area (Å²) in [6.45, 7) is 6.45. The molecule has 0 aliphatic carbocycles. The molecule has 0 radical (unpaired) electrons. The van der Waals surface area contributed by atoms with Gasteiger partial charge < -0.3 is 14.5 Å². The van der Waals surface area contributed by atoms with Gasteiger partial charge in [-0.1, -0.05) is 37.3 Å². The van der Waals surface area contributed by atoms with Crippen molar-refractivity contribution in [2.45, 2.75) is 25.9 Å². The van der Waals surface area contributed by atoms with Gasteiger partial charge in [-0.05, 0) is 43.3 Å². The zero-order valence-corrected chi connectivity index (χ0v) is 22.4. The van der Waals surface area contributed by atoms with Crippen LogP contribution in [0.25, 0.3) is 27.3 Å². The van der Waals surface area contributed by atoms with Crippen LogP contribution in [-0.4, -0.2) is 70.8 Å². The van der Waals surface area contributed by atoms with E-state index in [1.165, 1.54) is 22.1 Å². The van der Waals surface area contributed by atoms with Gasteiger partial charge in [-0.25, -0.2) is 9.67 Å². The number of aromatic nitrogens is 3. The Hall–Kier alpha value is -3.44. The lowest BCUT2D eigenvalue weighted by Gasteiger charge is -2.32. The molecule has 0 spiro atoms. The van der Waals surface area contributed by atoms with Gasteiger partial charge in [-0.3, -0.25) is 4.79 Å². The molecule has 0 unspecified atom stereocenters. The van der Waals surface area contributed by atoms with Crippen LogP contribution in [-0.2, 0) is 6.18 Å². The summed E-state index contributed by atoms with van der Waals surface area (Å²) >= 11 is 1.41. The number of thiazole rings is 1. The van der Waals surface area contributed by atoms with Crippen LogP contribution in [0.15, 0.2) is 42.5 Å². The molecule has 0 atom stereocenters. The lowest BCUT2D eigenvalue weighted by molar-refractivity contribution is -0.137. The van der Waals surface area contributed by atoms with Crippen LogP contribution in [0.1, 0.15) is 40.7 Å². The highest BCUT2D eigenvalue weighted by molar-refractivity contribution is 7.14. The summed E-state index contributed by atoms with van der Waals surface area (Å²) in [6, 6.07) is 11.0. The van der Waals surface area contributed by atoms with Crippen LogP contribution in [0.4, 0.5) is 13.2 Å². The molecule has 1 fully saturated rings. The lowest BCUT2D eigenvalue weighted by Crippen LogP contribution is -2.47. The van der Waals surface area contributed by atoms with Crippen molar-refractivity contribution in [2.75, 3.05) is 40.3 Å². The van der Waals surface area contributed by atoms with E-state index in [9.17, 15) is 18.0 Å². The number of piperazine rings is 1. The first-order chi connectivity index (χ1) is 18.1. The van der Waals surface area contributed by atoms with Gasteiger partial charge in [0, 0.05) is 42.0 Å². The molecule has 1 saturated heterocycles. The van der Waals surface area contributed by atoms with Crippen LogP contribution in [0.3, 0.4) is 0 Å². The Labute approximate surface area is 222 Å². The predicted molar refractivity (Wildman–Crippen MR) is 141 cm³/mol. The number of hydrogen-bond donors (Lipinski definition) is 0. The molecule has 7 nitrogen and oxygen atoms in total. The first-order valence-corrected chi connectivity index (χ1v) is 13.1. The number of nitrogens with zero attached hydrogens (tertiary/aromatic N) is 5. The fraction of sp³-hybridized carbons (Fsp3) is 0.370. The summed E-state index contributed by atoms with van der Waals surface area (Å²) in [5.41, 5.74) is 1.19. The number of alkyl halides is 3. The number of hydrogen-bond acceptors (Lipinski definition) is 6. The molecule has 2 aromatic heterocycles. The number of halogens is 3. The van der Waals surface area contributed by atoms with Gasteiger partial charge in [0.05, 0.1) is 23.9 Å². The van der Waals surface area contributed by atoms with E-state index in [-0.39, 0.29) is 22.9 Å². The Kier molecular flexibility index (Phi) is 6.91. The molecule has 200 valence electrons. The van der Waals surface area contributed by atoms with Crippen molar-refractivity contribution in [1.29, 1.82) is 0 Å². The van der Waals surface area contributed by atoms with Gasteiger partial charge in [0.25, 0.3) is 5.91 Å². The summed E-state index contributed by atoms with van der Waals surface area (Å²) in [5.74, 6) is 0.443. The first kappa shape index (κ1) is 26.2. The highest BCUT2D eigenvalue weighted by Gasteiger charge is 2.33. The van der Waals surface area contributed by atoms with Crippen molar-refractivity contribution in [3.8, 4) is 22.1 Å². The topological polar surface area (TPSA) is 63.5 Å². The van der Waals surface area contributed by atoms with E-state index >= 15 is 0 Å². The molecule has 4 aromatic rings. The molecule has 0 bridgehead atoms. The van der Waals surface area contributed by atoms with E-state index < -0.39 is 11.7 Å². The van der Waals surface area contributed by atoms with E-state index in [4.69, 9.17) is 9.72 Å². The maximum Gasteiger partial charge on any atom is 0.416 e. The Bertz CT molecular complexity index is 1490. The third-order valence-corrected chi connectivity index (χ3v) is 8.02. The highest BCUT2D eigenvalue weighted by atomic mass is 32.1. The zero-order chi connectivity index (χ0) is 27.2. The minimum Gasteiger partial charge on any atom is -0.497 e. The van der Waals surface area contributed by atoms with Crippen molar-refractivity contribution in [3.63, 3.8) is 0 Å². The zero-order valence-electron chi connectivity index (χ0n) is 21.5. The van der Waals surface area contributed by atoms with Gasteiger partial charge in [-0.2, -0.15) is 18.3 Å². The molecule has 0 N–H and O–H groups in total. The van der Waals surface area contributed by atoms with Crippen LogP contribution in [0, 0.1) is 0 Å². The Balaban J connectivity index is 1.67. The smallest absolute Gasteiger partial charge is 0.416 e. The van der Waals surface area contributed by atoms with Crippen molar-refractivity contribution in [3.05, 3.63) is 58.6 Å². The van der Waals surface area contributed by atoms with Crippen molar-refractivity contribution < 1.29 is 22.7 Å². The average Bonchev–Trinajstić information content (AvgIpc) is 3.50. The molecular formula is C27H28F3N5O2S. The van der Waals surface area contributed by atoms with Gasteiger partial charge >= 0.3 is 6.18 Å². The molecular weight excluding hydrogens is 515 g/mol. The van der Waals surface area contributed by atoms with Crippen molar-refractivity contribution >= 4 is 28.1 Å². The Morgan fingerprint density at radius 2 is 1.82 bits per heavy atom. The number of likely N-dealkylation sites (N-methyl/N-ethyl adjacent to an activating group) is 1. The molecule has 3 heterocycles. The monoisotopic (exact) mass is 543 g/mol. The van der Waals surface area contributed by atoms with Crippen molar-refractivity contribution in [2.24, 2.45) is 0 Å². The second-order valence-electron chi connectivity index (χ2n) is 9.68. The SMILES string of the molecule is COc1cccc(-c2nc(-n3nc(C(=O)N4CCN(C)CC4)c4cc(C(F)(F)F)ccc43)sc2C(C)C)c1. The van der Waals surface area contributed by atoms with Crippen LogP contribution >= 0.6 is 11.3 Å². The average molecular weight is 544 g/mol. The van der Waals surface area contributed by atoms with Gasteiger partial charge in [0.1, 0.15) is 5.75 Å². The standard InChI is InChI=1S/C27H28F3N5O2S/c1-16(2)24-22(17-6-5-7-19(14-17)37-4)31-26(38-24)35-21-9-8-18(27(28,29)30)15-20(21)23(32-35)25(36)34-12-10-33(3)11-13-34/h5-9,14-16H,10-13H2,1-4H3. The minimum atomic E-state index is -4.55. The lowest BCUT2D eigenvalue weighted by atomic mass is 10.1. The van der Waals surface area contributed by atoms with E-state index in [1.54, 1.807) is 12.0 Å². The fourth-order valence-electron chi connectivity index (χ4n) is 4.54. The largest absolute Gasteiger partial charge is 0.497 e.